The van der Waals surface area contributed by atoms with E-state index in [1.54, 1.807) is 17.5 Å². The minimum absolute atomic E-state index is 0.155. The third-order valence-electron chi connectivity index (χ3n) is 2.63. The minimum atomic E-state index is -0.388. The van der Waals surface area contributed by atoms with Crippen LogP contribution >= 0.6 is 11.3 Å². The highest BCUT2D eigenvalue weighted by Gasteiger charge is 2.08. The molecular weight excluding hydrogens is 267 g/mol. The van der Waals surface area contributed by atoms with E-state index in [1.165, 1.54) is 12.1 Å². The number of rotatable bonds is 6. The van der Waals surface area contributed by atoms with Crippen LogP contribution in [-0.2, 0) is 13.0 Å². The molecule has 0 spiro atoms. The Labute approximate surface area is 114 Å². The van der Waals surface area contributed by atoms with Gasteiger partial charge in [0.25, 0.3) is 0 Å². The second-order valence-corrected chi connectivity index (χ2v) is 5.00. The molecule has 6 heteroatoms. The molecule has 0 fully saturated rings. The molecule has 0 bridgehead atoms. The molecule has 1 aromatic carbocycles. The molecule has 1 aromatic heterocycles. The van der Waals surface area contributed by atoms with Crippen LogP contribution in [0.2, 0.25) is 0 Å². The Morgan fingerprint density at radius 1 is 1.32 bits per heavy atom. The first-order chi connectivity index (χ1) is 9.15. The third-order valence-corrected chi connectivity index (χ3v) is 3.56. The van der Waals surface area contributed by atoms with E-state index in [9.17, 15) is 14.5 Å². The van der Waals surface area contributed by atoms with Crippen molar-refractivity contribution in [2.45, 2.75) is 13.0 Å². The summed E-state index contributed by atoms with van der Waals surface area (Å²) in [7, 11) is 0. The molecule has 1 heterocycles. The topological polar surface area (TPSA) is 55.2 Å². The summed E-state index contributed by atoms with van der Waals surface area (Å²) in [5.74, 6) is -0.231. The second kappa shape index (κ2) is 6.40. The largest absolute Gasteiger partial charge is 0.324 e. The van der Waals surface area contributed by atoms with Crippen LogP contribution in [0.15, 0.2) is 35.7 Å². The lowest BCUT2D eigenvalue weighted by atomic mass is 10.1. The zero-order chi connectivity index (χ0) is 13.7. The van der Waals surface area contributed by atoms with E-state index in [1.807, 2.05) is 6.07 Å². The molecule has 0 saturated carbocycles. The van der Waals surface area contributed by atoms with E-state index in [0.29, 0.717) is 13.1 Å². The average Bonchev–Trinajstić information content (AvgIpc) is 2.84. The third kappa shape index (κ3) is 4.11. The van der Waals surface area contributed by atoms with Gasteiger partial charge >= 0.3 is 5.00 Å². The molecule has 19 heavy (non-hydrogen) atoms. The summed E-state index contributed by atoms with van der Waals surface area (Å²) in [5.41, 5.74) is 1.83. The number of benzene rings is 1. The second-order valence-electron chi connectivity index (χ2n) is 4.11. The van der Waals surface area contributed by atoms with Crippen molar-refractivity contribution in [1.82, 2.24) is 5.32 Å². The number of halogens is 1. The lowest BCUT2D eigenvalue weighted by molar-refractivity contribution is -0.380. The minimum Gasteiger partial charge on any atom is -0.312 e. The quantitative estimate of drug-likeness (QED) is 0.502. The van der Waals surface area contributed by atoms with Gasteiger partial charge in [-0.15, -0.1) is 0 Å². The zero-order valence-electron chi connectivity index (χ0n) is 10.1. The molecule has 2 rings (SSSR count). The number of hydrogen-bond donors (Lipinski definition) is 1. The predicted octanol–water partition coefficient (Wildman–Crippen LogP) is 3.13. The summed E-state index contributed by atoms with van der Waals surface area (Å²) in [6.45, 7) is 1.28. The van der Waals surface area contributed by atoms with Crippen LogP contribution in [0.1, 0.15) is 11.1 Å². The van der Waals surface area contributed by atoms with Crippen LogP contribution in [-0.4, -0.2) is 11.5 Å². The highest BCUT2D eigenvalue weighted by atomic mass is 32.1. The van der Waals surface area contributed by atoms with Crippen LogP contribution in [0, 0.1) is 15.9 Å². The number of nitrogens with one attached hydrogen (secondary N) is 1. The van der Waals surface area contributed by atoms with E-state index >= 15 is 0 Å². The summed E-state index contributed by atoms with van der Waals surface area (Å²) in [5, 5.41) is 15.6. The van der Waals surface area contributed by atoms with Gasteiger partial charge in [-0.2, -0.15) is 0 Å². The fraction of sp³-hybridized carbons (Fsp3) is 0.231. The molecule has 0 aliphatic carbocycles. The first-order valence-corrected chi connectivity index (χ1v) is 6.70. The maximum Gasteiger partial charge on any atom is 0.324 e. The van der Waals surface area contributed by atoms with Gasteiger partial charge in [0.05, 0.1) is 4.92 Å². The molecule has 0 unspecified atom stereocenters. The summed E-state index contributed by atoms with van der Waals surface area (Å²) in [4.78, 5) is 10.1. The van der Waals surface area contributed by atoms with E-state index in [0.717, 1.165) is 28.9 Å². The van der Waals surface area contributed by atoms with Gasteiger partial charge in [0.2, 0.25) is 0 Å². The molecule has 0 saturated heterocycles. The standard InChI is InChI=1S/C13H13FN2O2S/c14-12-3-1-2-10(6-12)4-5-15-8-11-7-13(16(17)18)19-9-11/h1-3,6-7,9,15H,4-5,8H2. The summed E-state index contributed by atoms with van der Waals surface area (Å²) < 4.78 is 12.9. The van der Waals surface area contributed by atoms with E-state index in [-0.39, 0.29) is 15.7 Å². The Bertz CT molecular complexity index is 571. The molecule has 100 valence electrons. The summed E-state index contributed by atoms with van der Waals surface area (Å²) >= 11 is 1.13. The Hall–Kier alpha value is -1.79. The Balaban J connectivity index is 1.76. The van der Waals surface area contributed by atoms with E-state index < -0.39 is 0 Å². The van der Waals surface area contributed by atoms with Crippen molar-refractivity contribution >= 4 is 16.3 Å². The van der Waals surface area contributed by atoms with Gasteiger partial charge in [-0.25, -0.2) is 4.39 Å². The molecule has 4 nitrogen and oxygen atoms in total. The Kier molecular flexibility index (Phi) is 4.59. The van der Waals surface area contributed by atoms with Crippen molar-refractivity contribution in [3.8, 4) is 0 Å². The van der Waals surface area contributed by atoms with Crippen molar-refractivity contribution in [2.24, 2.45) is 0 Å². The fourth-order valence-electron chi connectivity index (χ4n) is 1.71. The number of nitro groups is 1. The molecule has 0 aliphatic heterocycles. The lowest BCUT2D eigenvalue weighted by Gasteiger charge is -2.03. The maximum atomic E-state index is 12.9. The van der Waals surface area contributed by atoms with E-state index in [2.05, 4.69) is 5.32 Å². The predicted molar refractivity (Wildman–Crippen MR) is 72.8 cm³/mol. The number of nitrogens with zero attached hydrogens (tertiary/aromatic N) is 1. The number of hydrogen-bond acceptors (Lipinski definition) is 4. The Morgan fingerprint density at radius 2 is 2.16 bits per heavy atom. The maximum absolute atomic E-state index is 12.9. The van der Waals surface area contributed by atoms with Gasteiger partial charge in [-0.05, 0) is 36.2 Å². The molecule has 0 atom stereocenters. The van der Waals surface area contributed by atoms with Crippen molar-refractivity contribution in [1.29, 1.82) is 0 Å². The van der Waals surface area contributed by atoms with Crippen LogP contribution < -0.4 is 5.32 Å². The summed E-state index contributed by atoms with van der Waals surface area (Å²) in [6.07, 6.45) is 0.726. The molecule has 1 N–H and O–H groups in total. The first-order valence-electron chi connectivity index (χ1n) is 5.82. The highest BCUT2D eigenvalue weighted by Crippen LogP contribution is 2.22. The molecule has 0 radical (unpaired) electrons. The van der Waals surface area contributed by atoms with Gasteiger partial charge in [-0.1, -0.05) is 23.5 Å². The first kappa shape index (κ1) is 13.6. The van der Waals surface area contributed by atoms with Crippen molar-refractivity contribution < 1.29 is 9.31 Å². The van der Waals surface area contributed by atoms with Crippen LogP contribution in [0.3, 0.4) is 0 Å². The van der Waals surface area contributed by atoms with Crippen LogP contribution in [0.25, 0.3) is 0 Å². The van der Waals surface area contributed by atoms with Crippen LogP contribution in [0.4, 0.5) is 9.39 Å². The van der Waals surface area contributed by atoms with Crippen molar-refractivity contribution in [2.75, 3.05) is 6.54 Å². The highest BCUT2D eigenvalue weighted by molar-refractivity contribution is 7.13. The molecule has 0 amide bonds. The average molecular weight is 280 g/mol. The fourth-order valence-corrected chi connectivity index (χ4v) is 2.44. The monoisotopic (exact) mass is 280 g/mol. The van der Waals surface area contributed by atoms with Gasteiger partial charge in [0.15, 0.2) is 0 Å². The molecule has 0 aliphatic rings. The zero-order valence-corrected chi connectivity index (χ0v) is 11.0. The molecular formula is C13H13FN2O2S. The smallest absolute Gasteiger partial charge is 0.312 e. The van der Waals surface area contributed by atoms with Crippen LogP contribution in [0.5, 0.6) is 0 Å². The number of thiophene rings is 1. The molecule has 2 aromatic rings. The van der Waals surface area contributed by atoms with E-state index in [4.69, 9.17) is 0 Å². The van der Waals surface area contributed by atoms with Gasteiger partial charge in [0.1, 0.15) is 5.82 Å². The lowest BCUT2D eigenvalue weighted by Crippen LogP contribution is -2.16. The van der Waals surface area contributed by atoms with Gasteiger partial charge < -0.3 is 5.32 Å². The van der Waals surface area contributed by atoms with Crippen molar-refractivity contribution in [3.05, 3.63) is 62.8 Å². The Morgan fingerprint density at radius 3 is 2.84 bits per heavy atom. The normalized spacial score (nSPS) is 10.6. The van der Waals surface area contributed by atoms with Crippen molar-refractivity contribution in [3.63, 3.8) is 0 Å². The summed E-state index contributed by atoms with van der Waals surface area (Å²) in [6, 6.07) is 8.06. The SMILES string of the molecule is O=[N+]([O-])c1cc(CNCCc2cccc(F)c2)cs1. The van der Waals surface area contributed by atoms with Gasteiger partial charge in [-0.3, -0.25) is 10.1 Å². The van der Waals surface area contributed by atoms with Gasteiger partial charge in [0, 0.05) is 18.0 Å².